The standard InChI is InChI=1S/C35H51N7O7/c1-20(2)28(33(46)42-29(21(3)4)34(47)49-7)41-32(45)26(18-24-14-10-8-11-15-24)38-35(48)40-27(19-25-16-12-9-13-17-25)39-31(44)23(6)37-30(43)22(5)36/h8-17,20-23,26-29H,18-19,36H2,1-7H3,(H,37,43)(H,39,44)(H,41,45)(H,42,46)(H2,38,40,48)/t22-,23-,26-,27-,28-,29-/m0/s1. The Morgan fingerprint density at radius 1 is 0.592 bits per heavy atom. The average molecular weight is 682 g/mol. The van der Waals surface area contributed by atoms with Crippen molar-refractivity contribution in [1.82, 2.24) is 31.9 Å². The SMILES string of the molecule is COC(=O)[C@@H](NC(=O)[C@@H](NC(=O)[C@H](Cc1ccccc1)NC(=O)N[C@@H](Cc1ccccc1)NC(=O)[C@H](C)NC(=O)[C@H](C)N)C(C)C)C(C)C. The van der Waals surface area contributed by atoms with E-state index in [9.17, 15) is 28.8 Å². The highest BCUT2D eigenvalue weighted by atomic mass is 16.5. The largest absolute Gasteiger partial charge is 0.467 e. The predicted octanol–water partition coefficient (Wildman–Crippen LogP) is 0.888. The number of rotatable bonds is 17. The fourth-order valence-electron chi connectivity index (χ4n) is 4.77. The minimum atomic E-state index is -1.14. The van der Waals surface area contributed by atoms with Gasteiger partial charge in [0.05, 0.1) is 13.2 Å². The molecule has 6 atom stereocenters. The van der Waals surface area contributed by atoms with Crippen LogP contribution in [0, 0.1) is 11.8 Å². The fraction of sp³-hybridized carbons (Fsp3) is 0.486. The van der Waals surface area contributed by atoms with Crippen LogP contribution < -0.4 is 37.6 Å². The summed E-state index contributed by atoms with van der Waals surface area (Å²) in [5.41, 5.74) is 7.16. The Kier molecular flexibility index (Phi) is 16.2. The van der Waals surface area contributed by atoms with Crippen molar-refractivity contribution in [1.29, 1.82) is 0 Å². The van der Waals surface area contributed by atoms with Gasteiger partial charge in [0.1, 0.15) is 30.3 Å². The summed E-state index contributed by atoms with van der Waals surface area (Å²) in [6.07, 6.45) is -0.666. The first-order valence-corrected chi connectivity index (χ1v) is 16.3. The van der Waals surface area contributed by atoms with Crippen molar-refractivity contribution < 1.29 is 33.5 Å². The van der Waals surface area contributed by atoms with Crippen molar-refractivity contribution in [3.63, 3.8) is 0 Å². The van der Waals surface area contributed by atoms with E-state index in [2.05, 4.69) is 31.9 Å². The maximum Gasteiger partial charge on any atom is 0.328 e. The number of hydrogen-bond acceptors (Lipinski definition) is 8. The molecule has 0 radical (unpaired) electrons. The molecule has 0 aliphatic heterocycles. The molecule has 2 rings (SSSR count). The molecule has 0 aromatic heterocycles. The second-order valence-electron chi connectivity index (χ2n) is 12.6. The van der Waals surface area contributed by atoms with Crippen molar-refractivity contribution >= 4 is 35.6 Å². The van der Waals surface area contributed by atoms with Crippen LogP contribution in [0.5, 0.6) is 0 Å². The molecule has 268 valence electrons. The van der Waals surface area contributed by atoms with E-state index in [0.29, 0.717) is 0 Å². The molecule has 8 N–H and O–H groups in total. The molecule has 0 fully saturated rings. The van der Waals surface area contributed by atoms with Crippen LogP contribution in [0.2, 0.25) is 0 Å². The van der Waals surface area contributed by atoms with Crippen LogP contribution >= 0.6 is 0 Å². The lowest BCUT2D eigenvalue weighted by Gasteiger charge is -2.28. The molecule has 0 aliphatic carbocycles. The number of urea groups is 1. The van der Waals surface area contributed by atoms with Gasteiger partial charge >= 0.3 is 12.0 Å². The van der Waals surface area contributed by atoms with Gasteiger partial charge in [-0.25, -0.2) is 9.59 Å². The maximum atomic E-state index is 13.8. The van der Waals surface area contributed by atoms with Crippen LogP contribution in [0.3, 0.4) is 0 Å². The third-order valence-corrected chi connectivity index (χ3v) is 7.64. The molecular formula is C35H51N7O7. The maximum absolute atomic E-state index is 13.8. The van der Waals surface area contributed by atoms with Crippen molar-refractivity contribution in [3.8, 4) is 0 Å². The van der Waals surface area contributed by atoms with E-state index in [1.165, 1.54) is 21.0 Å². The van der Waals surface area contributed by atoms with Crippen molar-refractivity contribution in [3.05, 3.63) is 71.8 Å². The molecule has 0 saturated heterocycles. The monoisotopic (exact) mass is 681 g/mol. The summed E-state index contributed by atoms with van der Waals surface area (Å²) in [4.78, 5) is 77.9. The summed E-state index contributed by atoms with van der Waals surface area (Å²) in [5.74, 6) is -3.55. The lowest BCUT2D eigenvalue weighted by Crippen LogP contribution is -2.61. The fourth-order valence-corrected chi connectivity index (χ4v) is 4.77. The van der Waals surface area contributed by atoms with E-state index in [1.807, 2.05) is 36.4 Å². The molecule has 6 amide bonds. The van der Waals surface area contributed by atoms with Crippen LogP contribution in [-0.2, 0) is 41.6 Å². The number of carbonyl (C=O) groups excluding carboxylic acids is 6. The van der Waals surface area contributed by atoms with Crippen molar-refractivity contribution in [2.24, 2.45) is 17.6 Å². The molecule has 14 nitrogen and oxygen atoms in total. The van der Waals surface area contributed by atoms with Crippen LogP contribution in [0.15, 0.2) is 60.7 Å². The van der Waals surface area contributed by atoms with Crippen molar-refractivity contribution in [2.75, 3.05) is 7.11 Å². The quantitative estimate of drug-likeness (QED) is 0.0940. The summed E-state index contributed by atoms with van der Waals surface area (Å²) in [7, 11) is 1.23. The van der Waals surface area contributed by atoms with Crippen LogP contribution in [-0.4, -0.2) is 79.1 Å². The molecule has 2 aromatic rings. The molecule has 0 aliphatic rings. The highest BCUT2D eigenvalue weighted by Crippen LogP contribution is 2.10. The molecule has 0 unspecified atom stereocenters. The van der Waals surface area contributed by atoms with Gasteiger partial charge in [-0.05, 0) is 36.8 Å². The molecule has 0 heterocycles. The highest BCUT2D eigenvalue weighted by Gasteiger charge is 2.33. The van der Waals surface area contributed by atoms with Crippen LogP contribution in [0.4, 0.5) is 4.79 Å². The first kappa shape index (κ1) is 40.2. The summed E-state index contributed by atoms with van der Waals surface area (Å²) in [5, 5.41) is 16.1. The second kappa shape index (κ2) is 19.7. The zero-order chi connectivity index (χ0) is 36.7. The third kappa shape index (κ3) is 13.6. The van der Waals surface area contributed by atoms with E-state index in [1.54, 1.807) is 52.0 Å². The number of methoxy groups -OCH3 is 1. The Morgan fingerprint density at radius 2 is 1.10 bits per heavy atom. The number of amides is 6. The molecule has 49 heavy (non-hydrogen) atoms. The third-order valence-electron chi connectivity index (χ3n) is 7.64. The highest BCUT2D eigenvalue weighted by molar-refractivity contribution is 5.94. The molecule has 0 bridgehead atoms. The zero-order valence-corrected chi connectivity index (χ0v) is 29.2. The van der Waals surface area contributed by atoms with Crippen LogP contribution in [0.25, 0.3) is 0 Å². The van der Waals surface area contributed by atoms with E-state index >= 15 is 0 Å². The van der Waals surface area contributed by atoms with Gasteiger partial charge < -0.3 is 42.4 Å². The number of benzene rings is 2. The van der Waals surface area contributed by atoms with Gasteiger partial charge in [0.15, 0.2) is 0 Å². The Balaban J connectivity index is 2.29. The summed E-state index contributed by atoms with van der Waals surface area (Å²) in [6, 6.07) is 12.5. The summed E-state index contributed by atoms with van der Waals surface area (Å²) in [6.45, 7) is 9.99. The van der Waals surface area contributed by atoms with E-state index in [4.69, 9.17) is 10.5 Å². The average Bonchev–Trinajstić information content (AvgIpc) is 3.05. The Hall–Kier alpha value is -4.98. The van der Waals surface area contributed by atoms with Gasteiger partial charge in [0.25, 0.3) is 0 Å². The molecule has 0 saturated carbocycles. The van der Waals surface area contributed by atoms with E-state index in [0.717, 1.165) is 11.1 Å². The Labute approximate surface area is 288 Å². The topological polar surface area (TPSA) is 210 Å². The van der Waals surface area contributed by atoms with Crippen LogP contribution in [0.1, 0.15) is 52.7 Å². The van der Waals surface area contributed by atoms with Crippen molar-refractivity contribution in [2.45, 2.75) is 90.8 Å². The van der Waals surface area contributed by atoms with Gasteiger partial charge in [-0.3, -0.25) is 19.2 Å². The molecule has 0 spiro atoms. The minimum Gasteiger partial charge on any atom is -0.467 e. The van der Waals surface area contributed by atoms with E-state index in [-0.39, 0.29) is 24.7 Å². The van der Waals surface area contributed by atoms with Gasteiger partial charge in [-0.15, -0.1) is 0 Å². The normalized spacial score (nSPS) is 14.7. The smallest absolute Gasteiger partial charge is 0.328 e. The summed E-state index contributed by atoms with van der Waals surface area (Å²) < 4.78 is 4.83. The number of carbonyl (C=O) groups is 6. The second-order valence-corrected chi connectivity index (χ2v) is 12.6. The first-order valence-electron chi connectivity index (χ1n) is 16.3. The van der Waals surface area contributed by atoms with Gasteiger partial charge in [-0.2, -0.15) is 0 Å². The molecule has 14 heteroatoms. The van der Waals surface area contributed by atoms with Gasteiger partial charge in [-0.1, -0.05) is 88.4 Å². The predicted molar refractivity (Wildman–Crippen MR) is 184 cm³/mol. The van der Waals surface area contributed by atoms with Gasteiger partial charge in [0, 0.05) is 12.8 Å². The number of ether oxygens (including phenoxy) is 1. The molecule has 2 aromatic carbocycles. The minimum absolute atomic E-state index is 0.0827. The number of hydrogen-bond donors (Lipinski definition) is 7. The first-order chi connectivity index (χ1) is 23.1. The number of nitrogens with two attached hydrogens (primary N) is 1. The summed E-state index contributed by atoms with van der Waals surface area (Å²) >= 11 is 0. The number of nitrogens with one attached hydrogen (secondary N) is 6. The lowest BCUT2D eigenvalue weighted by molar-refractivity contribution is -0.146. The number of esters is 1. The van der Waals surface area contributed by atoms with E-state index < -0.39 is 72.0 Å². The Morgan fingerprint density at radius 3 is 1.59 bits per heavy atom. The van der Waals surface area contributed by atoms with Gasteiger partial charge in [0.2, 0.25) is 23.6 Å². The lowest BCUT2D eigenvalue weighted by atomic mass is 9.99. The Bertz CT molecular complexity index is 1400. The molecular weight excluding hydrogens is 630 g/mol. The zero-order valence-electron chi connectivity index (χ0n) is 29.2.